The van der Waals surface area contributed by atoms with Crippen LogP contribution in [0.5, 0.6) is 23.0 Å². The zero-order chi connectivity index (χ0) is 106. The van der Waals surface area contributed by atoms with Gasteiger partial charge in [-0.15, -0.1) is 0 Å². The van der Waals surface area contributed by atoms with Crippen LogP contribution < -0.4 is 81.0 Å². The highest BCUT2D eigenvalue weighted by molar-refractivity contribution is 7.57. The summed E-state index contributed by atoms with van der Waals surface area (Å²) in [4.78, 5) is 9.56. The van der Waals surface area contributed by atoms with E-state index in [0.29, 0.717) is 34.3 Å². The van der Waals surface area contributed by atoms with Crippen LogP contribution in [0.1, 0.15) is 172 Å². The lowest BCUT2D eigenvalue weighted by Crippen LogP contribution is -2.25. The fourth-order valence-corrected chi connectivity index (χ4v) is 24.2. The molecule has 16 aromatic carbocycles. The lowest BCUT2D eigenvalue weighted by molar-refractivity contribution is 0.0504. The van der Waals surface area contributed by atoms with Crippen molar-refractivity contribution in [3.63, 3.8) is 0 Å². The lowest BCUT2D eigenvalue weighted by Gasteiger charge is -2.30. The summed E-state index contributed by atoms with van der Waals surface area (Å²) in [6.07, 6.45) is 0. The molecule has 0 radical (unpaired) electrons. The number of methoxy groups -OCH3 is 4. The van der Waals surface area contributed by atoms with Crippen molar-refractivity contribution in [3.05, 3.63) is 453 Å². The summed E-state index contributed by atoms with van der Waals surface area (Å²) >= 11 is 0. The smallest absolute Gasteiger partial charge is 0.188 e. The fraction of sp³-hybridized carbons (Fsp3) is 0.273. The van der Waals surface area contributed by atoms with E-state index in [1.807, 2.05) is 0 Å². The Morgan fingerprint density at radius 1 is 0.203 bits per heavy atom. The highest BCUT2D eigenvalue weighted by Crippen LogP contribution is 2.43. The van der Waals surface area contributed by atoms with E-state index < -0.39 is 0 Å². The number of benzene rings is 16. The van der Waals surface area contributed by atoms with Crippen molar-refractivity contribution < 1.29 is 37.9 Å². The molecule has 16 rings (SSSR count). The molecule has 4 atom stereocenters. The Labute approximate surface area is 891 Å². The van der Waals surface area contributed by atoms with Crippen LogP contribution in [0, 0.1) is 55.4 Å². The molecule has 148 heavy (non-hydrogen) atoms. The number of hydrogen-bond donors (Lipinski definition) is 0. The quantitative estimate of drug-likeness (QED) is 0.0277. The number of para-hydroxylation sites is 8. The highest BCUT2D eigenvalue weighted by Gasteiger charge is 2.31. The first-order valence-electron chi connectivity index (χ1n) is 51.1. The third-order valence-corrected chi connectivity index (χ3v) is 32.4. The van der Waals surface area contributed by atoms with Crippen LogP contribution in [0.25, 0.3) is 0 Å². The SMILES string of the molecule is COCOc1c(C)cc(C(C)(C)C)cc1Pc1c(C)cccc1CN(c1ccccc1)c1ccccc1.COCOc1c(C)cc(C)cc1Pc1c(C)cccc1CN(c1ccccc1)c1ccccc1.COCOc1c(Pc2c(C)cccc2CN(c2ccccc2)c2ccccc2)cc(C(C)(C)C)cc1C(C)(C)C.COCOc1c(Pc2c(C)cccc2CN(c2ccccc2)c2ccccc2)cc(C)cc1C(C)(C)C. The van der Waals surface area contributed by atoms with Crippen molar-refractivity contribution in [2.75, 3.05) is 75.2 Å². The van der Waals surface area contributed by atoms with E-state index in [0.717, 1.165) is 60.3 Å². The summed E-state index contributed by atoms with van der Waals surface area (Å²) in [6, 6.07) is 130. The van der Waals surface area contributed by atoms with Crippen molar-refractivity contribution in [2.45, 2.75) is 186 Å². The molecule has 0 N–H and O–H groups in total. The van der Waals surface area contributed by atoms with Crippen LogP contribution in [0.15, 0.2) is 364 Å². The first-order chi connectivity index (χ1) is 71.1. The second kappa shape index (κ2) is 53.6. The van der Waals surface area contributed by atoms with Gasteiger partial charge in [0.25, 0.3) is 0 Å². The minimum absolute atomic E-state index is 0.0188. The summed E-state index contributed by atoms with van der Waals surface area (Å²) < 4.78 is 45.9. The molecule has 0 aromatic heterocycles. The maximum absolute atomic E-state index is 6.36. The average Bonchev–Trinajstić information content (AvgIpc) is 0.763. The van der Waals surface area contributed by atoms with E-state index in [4.69, 9.17) is 37.9 Å². The molecule has 12 nitrogen and oxygen atoms in total. The van der Waals surface area contributed by atoms with Crippen LogP contribution in [-0.2, 0) is 66.8 Å². The fourth-order valence-electron chi connectivity index (χ4n) is 18.2. The Kier molecular flexibility index (Phi) is 40.8. The van der Waals surface area contributed by atoms with Crippen LogP contribution in [0.4, 0.5) is 45.5 Å². The third kappa shape index (κ3) is 30.9. The van der Waals surface area contributed by atoms with Crippen molar-refractivity contribution in [1.29, 1.82) is 0 Å². The number of ether oxygens (including phenoxy) is 8. The lowest BCUT2D eigenvalue weighted by atomic mass is 9.80. The van der Waals surface area contributed by atoms with Gasteiger partial charge in [-0.05, 0) is 297 Å². The maximum atomic E-state index is 6.36. The second-order valence-corrected chi connectivity index (χ2v) is 47.0. The Balaban J connectivity index is 0.000000165. The van der Waals surface area contributed by atoms with Gasteiger partial charge in [0.2, 0.25) is 0 Å². The van der Waals surface area contributed by atoms with Crippen molar-refractivity contribution in [2.24, 2.45) is 0 Å². The molecule has 16 heteroatoms. The van der Waals surface area contributed by atoms with Gasteiger partial charge in [0.1, 0.15) is 23.0 Å². The topological polar surface area (TPSA) is 86.8 Å². The normalized spacial score (nSPS) is 11.7. The molecule has 0 aliphatic heterocycles. The third-order valence-electron chi connectivity index (χ3n) is 26.0. The van der Waals surface area contributed by atoms with Gasteiger partial charge >= 0.3 is 0 Å². The minimum Gasteiger partial charge on any atom is -0.467 e. The average molecular weight is 2050 g/mol. The summed E-state index contributed by atoms with van der Waals surface area (Å²) in [6.45, 7) is 48.7. The molecule has 16 aromatic rings. The van der Waals surface area contributed by atoms with Gasteiger partial charge in [-0.1, -0.05) is 360 Å². The Morgan fingerprint density at radius 2 is 0.412 bits per heavy atom. The first kappa shape index (κ1) is 113. The molecule has 0 fully saturated rings. The van der Waals surface area contributed by atoms with Crippen LogP contribution >= 0.6 is 34.3 Å². The van der Waals surface area contributed by atoms with Gasteiger partial charge < -0.3 is 57.5 Å². The van der Waals surface area contributed by atoms with E-state index in [9.17, 15) is 0 Å². The van der Waals surface area contributed by atoms with Gasteiger partial charge in [-0.3, -0.25) is 0 Å². The highest BCUT2D eigenvalue weighted by atomic mass is 31.1. The van der Waals surface area contributed by atoms with E-state index in [-0.39, 0.29) is 48.8 Å². The predicted molar refractivity (Wildman–Crippen MR) is 639 cm³/mol. The summed E-state index contributed by atoms with van der Waals surface area (Å²) in [5.74, 6) is 3.78. The first-order valence-corrected chi connectivity index (χ1v) is 55.1. The molecule has 0 heterocycles. The molecule has 768 valence electrons. The standard InChI is InChI=1S/C36H44NO2P.2C33H38NO2P.C30H32NO2P/c1-26-16-15-17-27(24-37(29-18-11-9-12-19-29)30-20-13-10-14-21-30)34(26)40-32-23-28(35(2,3)4)22-31(36(5,6)7)33(32)39-25-38-8;1-24-20-29(33(3,4)5)31(36-23-35-6)30(21-24)37-32-25(2)14-13-15-26(32)22-34(27-16-9-7-10-17-27)28-18-11-8-12-19-28;1-24-14-13-15-26(22-34(28-16-9-7-10-17-28)29-18-11-8-12-19-29)32(24)37-30-21-27(33(3,4)5)20-25(2)31(30)36-23-35-6;1-22-18-24(3)29(33-21-32-4)28(19-22)34-30-23(2)12-11-13-25(30)20-31(26-14-7-5-8-15-26)27-16-9-6-10-17-27/h9-23,40H,24-25H2,1-8H3;2*7-21,37H,22-23H2,1-6H3;5-19,34H,20-21H2,1-4H3. The van der Waals surface area contributed by atoms with E-state index in [1.165, 1.54) is 166 Å². The van der Waals surface area contributed by atoms with Gasteiger partial charge in [-0.2, -0.15) is 0 Å². The van der Waals surface area contributed by atoms with Gasteiger partial charge in [-0.25, -0.2) is 0 Å². The molecular weight excluding hydrogens is 1890 g/mol. The molecule has 0 bridgehead atoms. The Hall–Kier alpha value is -12.5. The summed E-state index contributed by atoms with van der Waals surface area (Å²) in [7, 11) is 8.54. The molecule has 4 unspecified atom stereocenters. The van der Waals surface area contributed by atoms with Crippen molar-refractivity contribution in [3.8, 4) is 23.0 Å². The predicted octanol–water partition coefficient (Wildman–Crippen LogP) is 30.2. The zero-order valence-corrected chi connectivity index (χ0v) is 95.4. The number of rotatable bonds is 36. The van der Waals surface area contributed by atoms with Crippen molar-refractivity contribution >= 4 is 122 Å². The maximum Gasteiger partial charge on any atom is 0.188 e. The van der Waals surface area contributed by atoms with Gasteiger partial charge in [0.15, 0.2) is 27.2 Å². The van der Waals surface area contributed by atoms with Crippen molar-refractivity contribution in [1.82, 2.24) is 0 Å². The summed E-state index contributed by atoms with van der Waals surface area (Å²) in [5.41, 5.74) is 29.8. The summed E-state index contributed by atoms with van der Waals surface area (Å²) in [5, 5.41) is 10.4. The number of anilines is 8. The van der Waals surface area contributed by atoms with Crippen LogP contribution in [0.2, 0.25) is 0 Å². The minimum atomic E-state index is -0.0739. The molecule has 0 amide bonds. The second-order valence-electron chi connectivity index (χ2n) is 41.9. The van der Waals surface area contributed by atoms with Crippen LogP contribution in [0.3, 0.4) is 0 Å². The Morgan fingerprint density at radius 3 is 0.655 bits per heavy atom. The van der Waals surface area contributed by atoms with Crippen LogP contribution in [-0.4, -0.2) is 55.6 Å². The molecule has 0 aliphatic rings. The monoisotopic (exact) mass is 2050 g/mol. The van der Waals surface area contributed by atoms with E-state index >= 15 is 0 Å². The Bertz CT molecular complexity index is 6630. The number of nitrogens with zero attached hydrogens (tertiary/aromatic N) is 4. The number of aryl methyl sites for hydroxylation is 8. The number of hydrogen-bond acceptors (Lipinski definition) is 12. The molecule has 0 saturated carbocycles. The molecule has 0 spiro atoms. The largest absolute Gasteiger partial charge is 0.467 e. The van der Waals surface area contributed by atoms with Gasteiger partial charge in [0, 0.05) is 132 Å². The van der Waals surface area contributed by atoms with E-state index in [2.05, 4.69) is 522 Å². The molecule has 0 aliphatic carbocycles. The van der Waals surface area contributed by atoms with E-state index in [1.54, 1.807) is 28.4 Å². The zero-order valence-electron chi connectivity index (χ0n) is 91.4. The molecular formula is C132H152N4O8P4. The molecule has 0 saturated heterocycles. The van der Waals surface area contributed by atoms with Gasteiger partial charge in [0.05, 0.1) is 0 Å².